The number of nitrogens with one attached hydrogen (secondary N) is 1. The van der Waals surface area contributed by atoms with Gasteiger partial charge in [-0.3, -0.25) is 4.79 Å². The molecule has 2 rings (SSSR count). The van der Waals surface area contributed by atoms with Crippen LogP contribution in [0.2, 0.25) is 0 Å². The third kappa shape index (κ3) is 6.58. The average Bonchev–Trinajstić information content (AvgIpc) is 2.77. The summed E-state index contributed by atoms with van der Waals surface area (Å²) in [6, 6.07) is 10.5. The van der Waals surface area contributed by atoms with Gasteiger partial charge in [-0.25, -0.2) is 25.9 Å². The molecule has 0 atom stereocenters. The fraction of sp³-hybridized carbons (Fsp3) is 0.300. The van der Waals surface area contributed by atoms with Crippen molar-refractivity contribution < 1.29 is 36.3 Å². The summed E-state index contributed by atoms with van der Waals surface area (Å²) in [5, 5.41) is 11.4. The summed E-state index contributed by atoms with van der Waals surface area (Å²) in [5.41, 5.74) is 0.242. The van der Waals surface area contributed by atoms with Gasteiger partial charge in [0.25, 0.3) is 5.91 Å². The van der Waals surface area contributed by atoms with Gasteiger partial charge < -0.3 is 15.2 Å². The van der Waals surface area contributed by atoms with Crippen LogP contribution in [-0.2, 0) is 29.6 Å². The number of anilines is 1. The van der Waals surface area contributed by atoms with Crippen molar-refractivity contribution in [1.82, 2.24) is 8.61 Å². The quantitative estimate of drug-likeness (QED) is 0.445. The largest absolute Gasteiger partial charge is 0.452 e. The minimum Gasteiger partial charge on any atom is -0.452 e. The molecule has 2 N–H and O–H groups in total. The maximum atomic E-state index is 12.3. The Balaban J connectivity index is 1.99. The molecule has 0 unspecified atom stereocenters. The number of likely N-dealkylation sites (N-methyl/N-ethyl adjacent to an activating group) is 1. The van der Waals surface area contributed by atoms with Gasteiger partial charge in [0.05, 0.1) is 22.0 Å². The number of nitrogens with zero attached hydrogens (tertiary/aromatic N) is 2. The van der Waals surface area contributed by atoms with Crippen LogP contribution in [0, 0.1) is 0 Å². The zero-order valence-corrected chi connectivity index (χ0v) is 19.9. The van der Waals surface area contributed by atoms with Gasteiger partial charge in [-0.05, 0) is 42.5 Å². The van der Waals surface area contributed by atoms with Crippen molar-refractivity contribution in [1.29, 1.82) is 0 Å². The summed E-state index contributed by atoms with van der Waals surface area (Å²) in [6.45, 7) is -1.05. The Hall–Kier alpha value is -2.84. The van der Waals surface area contributed by atoms with Crippen molar-refractivity contribution >= 4 is 37.6 Å². The molecule has 0 fully saturated rings. The zero-order valence-electron chi connectivity index (χ0n) is 18.3. The van der Waals surface area contributed by atoms with Crippen LogP contribution >= 0.6 is 0 Å². The topological polar surface area (TPSA) is 150 Å². The summed E-state index contributed by atoms with van der Waals surface area (Å²) < 4.78 is 56.0. The number of carbonyl (C=O) groups is 2. The molecule has 0 spiro atoms. The average molecular weight is 500 g/mol. The number of sulfonamides is 2. The number of hydrogen-bond acceptors (Lipinski definition) is 8. The Morgan fingerprint density at radius 3 is 2.15 bits per heavy atom. The minimum absolute atomic E-state index is 0.0121. The van der Waals surface area contributed by atoms with Crippen LogP contribution in [0.25, 0.3) is 0 Å². The van der Waals surface area contributed by atoms with Gasteiger partial charge in [-0.1, -0.05) is 6.07 Å². The summed E-state index contributed by atoms with van der Waals surface area (Å²) in [7, 11) is -3.41. The highest BCUT2D eigenvalue weighted by molar-refractivity contribution is 7.89. The molecule has 0 saturated carbocycles. The second-order valence-corrected chi connectivity index (χ2v) is 11.2. The second kappa shape index (κ2) is 10.9. The van der Waals surface area contributed by atoms with E-state index in [1.54, 1.807) is 0 Å². The fourth-order valence-electron chi connectivity index (χ4n) is 2.56. The van der Waals surface area contributed by atoms with Crippen LogP contribution in [0.3, 0.4) is 0 Å². The lowest BCUT2D eigenvalue weighted by atomic mass is 10.2. The van der Waals surface area contributed by atoms with Crippen LogP contribution < -0.4 is 5.32 Å². The van der Waals surface area contributed by atoms with Crippen molar-refractivity contribution in [2.45, 2.75) is 9.79 Å². The fourth-order valence-corrected chi connectivity index (χ4v) is 4.67. The monoisotopic (exact) mass is 499 g/mol. The van der Waals surface area contributed by atoms with Crippen LogP contribution in [0.5, 0.6) is 0 Å². The van der Waals surface area contributed by atoms with E-state index in [-0.39, 0.29) is 34.2 Å². The first-order valence-electron chi connectivity index (χ1n) is 9.56. The molecule has 0 aliphatic heterocycles. The summed E-state index contributed by atoms with van der Waals surface area (Å²) >= 11 is 0. The van der Waals surface area contributed by atoms with Gasteiger partial charge >= 0.3 is 5.97 Å². The first-order chi connectivity index (χ1) is 15.4. The van der Waals surface area contributed by atoms with Gasteiger partial charge in [-0.15, -0.1) is 0 Å². The molecular formula is C20H25N3O8S2. The van der Waals surface area contributed by atoms with Crippen molar-refractivity contribution in [2.75, 3.05) is 46.2 Å². The summed E-state index contributed by atoms with van der Waals surface area (Å²) in [6.07, 6.45) is 0. The Morgan fingerprint density at radius 2 is 1.58 bits per heavy atom. The predicted molar refractivity (Wildman–Crippen MR) is 120 cm³/mol. The van der Waals surface area contributed by atoms with Crippen molar-refractivity contribution in [2.24, 2.45) is 0 Å². The van der Waals surface area contributed by atoms with E-state index in [1.807, 2.05) is 0 Å². The van der Waals surface area contributed by atoms with Gasteiger partial charge in [0.2, 0.25) is 20.0 Å². The second-order valence-electron chi connectivity index (χ2n) is 7.01. The first-order valence-corrected chi connectivity index (χ1v) is 12.4. The molecule has 0 aromatic heterocycles. The summed E-state index contributed by atoms with van der Waals surface area (Å²) in [4.78, 5) is 24.2. The highest BCUT2D eigenvalue weighted by Crippen LogP contribution is 2.18. The number of hydrogen-bond donors (Lipinski definition) is 2. The van der Waals surface area contributed by atoms with E-state index in [0.29, 0.717) is 0 Å². The number of amides is 1. The molecule has 0 aliphatic rings. The molecule has 33 heavy (non-hydrogen) atoms. The minimum atomic E-state index is -3.81. The van der Waals surface area contributed by atoms with Crippen molar-refractivity contribution in [3.8, 4) is 0 Å². The summed E-state index contributed by atoms with van der Waals surface area (Å²) in [5.74, 6) is -1.53. The van der Waals surface area contributed by atoms with Crippen LogP contribution in [0.1, 0.15) is 10.4 Å². The normalized spacial score (nSPS) is 12.1. The van der Waals surface area contributed by atoms with Crippen LogP contribution in [0.4, 0.5) is 5.69 Å². The predicted octanol–water partition coefficient (Wildman–Crippen LogP) is 0.345. The van der Waals surface area contributed by atoms with E-state index >= 15 is 0 Å². The smallest absolute Gasteiger partial charge is 0.338 e. The third-order valence-corrected chi connectivity index (χ3v) is 8.13. The maximum Gasteiger partial charge on any atom is 0.338 e. The number of benzene rings is 2. The highest BCUT2D eigenvalue weighted by atomic mass is 32.2. The molecule has 1 amide bonds. The lowest BCUT2D eigenvalue weighted by Gasteiger charge is -2.15. The Kier molecular flexibility index (Phi) is 8.69. The molecule has 11 nitrogen and oxygen atoms in total. The van der Waals surface area contributed by atoms with Gasteiger partial charge in [-0.2, -0.15) is 4.31 Å². The molecule has 2 aromatic carbocycles. The van der Waals surface area contributed by atoms with Crippen molar-refractivity contribution in [3.63, 3.8) is 0 Å². The Bertz CT molecular complexity index is 1210. The molecule has 0 bridgehead atoms. The first kappa shape index (κ1) is 26.4. The number of rotatable bonds is 10. The molecular weight excluding hydrogens is 474 g/mol. The molecule has 0 radical (unpaired) electrons. The van der Waals surface area contributed by atoms with Gasteiger partial charge in [0, 0.05) is 33.4 Å². The lowest BCUT2D eigenvalue weighted by molar-refractivity contribution is -0.119. The standard InChI is InChI=1S/C20H25N3O8S2/c1-22(2)32(27,28)18-6-4-5-16(13-18)21-19(25)14-31-20(26)15-7-9-17(10-8-15)33(29,30)23(3)11-12-24/h4-10,13,24H,11-12,14H2,1-3H3,(H,21,25). The van der Waals surface area contributed by atoms with Crippen LogP contribution in [0.15, 0.2) is 58.3 Å². The SMILES string of the molecule is CN(C)S(=O)(=O)c1cccc(NC(=O)COC(=O)c2ccc(S(=O)(=O)N(C)CCO)cc2)c1. The van der Waals surface area contributed by atoms with Crippen LogP contribution in [-0.4, -0.2) is 83.3 Å². The lowest BCUT2D eigenvalue weighted by Crippen LogP contribution is -2.29. The third-order valence-electron chi connectivity index (χ3n) is 4.44. The van der Waals surface area contributed by atoms with E-state index in [4.69, 9.17) is 9.84 Å². The highest BCUT2D eigenvalue weighted by Gasteiger charge is 2.21. The van der Waals surface area contributed by atoms with E-state index in [9.17, 15) is 26.4 Å². The van der Waals surface area contributed by atoms with E-state index in [2.05, 4.69) is 5.32 Å². The van der Waals surface area contributed by atoms with E-state index in [1.165, 1.54) is 69.7 Å². The molecule has 2 aromatic rings. The molecule has 180 valence electrons. The number of ether oxygens (including phenoxy) is 1. The number of aliphatic hydroxyl groups is 1. The maximum absolute atomic E-state index is 12.3. The van der Waals surface area contributed by atoms with E-state index in [0.717, 1.165) is 8.61 Å². The van der Waals surface area contributed by atoms with Crippen molar-refractivity contribution in [3.05, 3.63) is 54.1 Å². The van der Waals surface area contributed by atoms with E-state index < -0.39 is 38.5 Å². The number of carbonyl (C=O) groups excluding carboxylic acids is 2. The zero-order chi connectivity index (χ0) is 24.8. The molecule has 0 saturated heterocycles. The Morgan fingerprint density at radius 1 is 0.939 bits per heavy atom. The number of aliphatic hydroxyl groups excluding tert-OH is 1. The van der Waals surface area contributed by atoms with Gasteiger partial charge in [0.1, 0.15) is 0 Å². The van der Waals surface area contributed by atoms with Gasteiger partial charge in [0.15, 0.2) is 6.61 Å². The molecule has 0 aliphatic carbocycles. The molecule has 13 heteroatoms. The molecule has 0 heterocycles. The Labute approximate surface area is 192 Å². The number of esters is 1.